The number of piperidine rings is 1. The molecule has 2 aliphatic heterocycles. The number of rotatable bonds is 6. The van der Waals surface area contributed by atoms with Crippen LogP contribution in [-0.4, -0.2) is 78.4 Å². The van der Waals surface area contributed by atoms with E-state index in [9.17, 15) is 9.59 Å². The lowest BCUT2D eigenvalue weighted by Crippen LogP contribution is -2.55. The zero-order valence-corrected chi connectivity index (χ0v) is 16.4. The quantitative estimate of drug-likeness (QED) is 0.818. The molecule has 27 heavy (non-hydrogen) atoms. The molecule has 0 aromatic heterocycles. The maximum atomic E-state index is 12.5. The molecule has 0 saturated carbocycles. The van der Waals surface area contributed by atoms with Gasteiger partial charge in [0.05, 0.1) is 12.6 Å². The lowest BCUT2D eigenvalue weighted by atomic mass is 10.1. The second kappa shape index (κ2) is 9.85. The number of likely N-dealkylation sites (tertiary alicyclic amines) is 1. The summed E-state index contributed by atoms with van der Waals surface area (Å²) in [5, 5.41) is 3.03. The Balaban J connectivity index is 1.38. The van der Waals surface area contributed by atoms with Crippen LogP contribution in [0, 0.1) is 0 Å². The Hall–Kier alpha value is -1.92. The Kier molecular flexibility index (Phi) is 7.24. The van der Waals surface area contributed by atoms with Crippen LogP contribution in [0.25, 0.3) is 0 Å². The van der Waals surface area contributed by atoms with Gasteiger partial charge in [0.15, 0.2) is 0 Å². The van der Waals surface area contributed by atoms with Gasteiger partial charge >= 0.3 is 0 Å². The fraction of sp³-hybridized carbons (Fsp3) is 0.619. The molecule has 0 unspecified atom stereocenters. The molecular weight excluding hydrogens is 340 g/mol. The third-order valence-corrected chi connectivity index (χ3v) is 5.71. The maximum Gasteiger partial charge on any atom is 0.237 e. The summed E-state index contributed by atoms with van der Waals surface area (Å²) in [5.41, 5.74) is 1.11. The molecule has 3 rings (SSSR count). The first-order chi connectivity index (χ1) is 13.1. The number of benzene rings is 1. The Morgan fingerprint density at radius 2 is 1.63 bits per heavy atom. The highest BCUT2D eigenvalue weighted by molar-refractivity contribution is 5.81. The van der Waals surface area contributed by atoms with Crippen LogP contribution in [0.15, 0.2) is 30.3 Å². The predicted molar refractivity (Wildman–Crippen MR) is 106 cm³/mol. The van der Waals surface area contributed by atoms with E-state index in [4.69, 9.17) is 0 Å². The van der Waals surface area contributed by atoms with Crippen LogP contribution in [0.5, 0.6) is 0 Å². The smallest absolute Gasteiger partial charge is 0.237 e. The molecule has 2 aliphatic rings. The van der Waals surface area contributed by atoms with Gasteiger partial charge < -0.3 is 10.2 Å². The molecule has 0 bridgehead atoms. The Labute approximate surface area is 162 Å². The van der Waals surface area contributed by atoms with E-state index in [1.165, 1.54) is 6.42 Å². The zero-order valence-electron chi connectivity index (χ0n) is 16.4. The summed E-state index contributed by atoms with van der Waals surface area (Å²) in [6.45, 7) is 8.21. The average Bonchev–Trinajstić information content (AvgIpc) is 2.73. The maximum absolute atomic E-state index is 12.5. The third kappa shape index (κ3) is 5.78. The van der Waals surface area contributed by atoms with E-state index in [0.29, 0.717) is 13.1 Å². The Bertz CT molecular complexity index is 608. The van der Waals surface area contributed by atoms with Gasteiger partial charge in [0, 0.05) is 45.8 Å². The Morgan fingerprint density at radius 1 is 0.963 bits per heavy atom. The van der Waals surface area contributed by atoms with Crippen LogP contribution in [0.1, 0.15) is 31.7 Å². The summed E-state index contributed by atoms with van der Waals surface area (Å²) in [4.78, 5) is 31.3. The molecule has 0 aliphatic carbocycles. The van der Waals surface area contributed by atoms with Crippen LogP contribution in [-0.2, 0) is 16.1 Å². The van der Waals surface area contributed by atoms with Gasteiger partial charge in [-0.05, 0) is 31.7 Å². The number of piperazine rings is 1. The zero-order chi connectivity index (χ0) is 19.1. The van der Waals surface area contributed by atoms with Crippen molar-refractivity contribution in [3.8, 4) is 0 Å². The van der Waals surface area contributed by atoms with Gasteiger partial charge in [0.1, 0.15) is 0 Å². The number of hydrogen-bond donors (Lipinski definition) is 1. The SMILES string of the molecule is C[C@@H](C(=O)NCc1ccccc1)N1CCN(CC(=O)N2CCCCC2)CC1. The molecule has 148 valence electrons. The largest absolute Gasteiger partial charge is 0.351 e. The second-order valence-electron chi connectivity index (χ2n) is 7.63. The number of amides is 2. The minimum atomic E-state index is -0.145. The van der Waals surface area contributed by atoms with Crippen LogP contribution >= 0.6 is 0 Å². The highest BCUT2D eigenvalue weighted by atomic mass is 16.2. The third-order valence-electron chi connectivity index (χ3n) is 5.71. The number of hydrogen-bond acceptors (Lipinski definition) is 4. The first kappa shape index (κ1) is 19.8. The van der Waals surface area contributed by atoms with Crippen LogP contribution in [0.4, 0.5) is 0 Å². The lowest BCUT2D eigenvalue weighted by molar-refractivity contribution is -0.134. The minimum absolute atomic E-state index is 0.0664. The van der Waals surface area contributed by atoms with Gasteiger partial charge in [0.25, 0.3) is 0 Å². The molecule has 0 radical (unpaired) electrons. The minimum Gasteiger partial charge on any atom is -0.351 e. The number of nitrogens with zero attached hydrogens (tertiary/aromatic N) is 3. The number of nitrogens with one attached hydrogen (secondary N) is 1. The van der Waals surface area contributed by atoms with Crippen molar-refractivity contribution < 1.29 is 9.59 Å². The van der Waals surface area contributed by atoms with Gasteiger partial charge in [-0.15, -0.1) is 0 Å². The van der Waals surface area contributed by atoms with Crippen molar-refractivity contribution in [1.82, 2.24) is 20.0 Å². The van der Waals surface area contributed by atoms with Crippen molar-refractivity contribution in [2.24, 2.45) is 0 Å². The highest BCUT2D eigenvalue weighted by Gasteiger charge is 2.27. The first-order valence-corrected chi connectivity index (χ1v) is 10.2. The van der Waals surface area contributed by atoms with Crippen molar-refractivity contribution in [3.63, 3.8) is 0 Å². The van der Waals surface area contributed by atoms with Gasteiger partial charge in [-0.2, -0.15) is 0 Å². The van der Waals surface area contributed by atoms with Crippen LogP contribution < -0.4 is 5.32 Å². The molecule has 6 heteroatoms. The molecule has 1 aromatic carbocycles. The van der Waals surface area contributed by atoms with Crippen molar-refractivity contribution >= 4 is 11.8 Å². The van der Waals surface area contributed by atoms with Crippen molar-refractivity contribution in [1.29, 1.82) is 0 Å². The van der Waals surface area contributed by atoms with E-state index in [1.54, 1.807) is 0 Å². The fourth-order valence-electron chi connectivity index (χ4n) is 3.84. The molecular formula is C21H32N4O2. The highest BCUT2D eigenvalue weighted by Crippen LogP contribution is 2.11. The summed E-state index contributed by atoms with van der Waals surface area (Å²) in [6.07, 6.45) is 3.51. The molecule has 2 saturated heterocycles. The van der Waals surface area contributed by atoms with Gasteiger partial charge in [-0.3, -0.25) is 19.4 Å². The second-order valence-corrected chi connectivity index (χ2v) is 7.63. The van der Waals surface area contributed by atoms with E-state index in [-0.39, 0.29) is 17.9 Å². The normalized spacial score (nSPS) is 20.3. The summed E-state index contributed by atoms with van der Waals surface area (Å²) in [5.74, 6) is 0.327. The standard InChI is InChI=1S/C21H32N4O2/c1-18(21(27)22-16-19-8-4-2-5-9-19)24-14-12-23(13-15-24)17-20(26)25-10-6-3-7-11-25/h2,4-5,8-9,18H,3,6-7,10-17H2,1H3,(H,22,27)/t18-/m0/s1. The molecule has 1 atom stereocenters. The van der Waals surface area contributed by atoms with E-state index < -0.39 is 0 Å². The average molecular weight is 373 g/mol. The number of carbonyl (C=O) groups is 2. The van der Waals surface area contributed by atoms with Gasteiger partial charge in [-0.1, -0.05) is 30.3 Å². The van der Waals surface area contributed by atoms with E-state index in [0.717, 1.165) is 57.7 Å². The van der Waals surface area contributed by atoms with E-state index in [2.05, 4.69) is 15.1 Å². The molecule has 2 fully saturated rings. The van der Waals surface area contributed by atoms with Gasteiger partial charge in [0.2, 0.25) is 11.8 Å². The summed E-state index contributed by atoms with van der Waals surface area (Å²) < 4.78 is 0. The van der Waals surface area contributed by atoms with E-state index >= 15 is 0 Å². The number of carbonyl (C=O) groups excluding carboxylic acids is 2. The van der Waals surface area contributed by atoms with E-state index in [1.807, 2.05) is 42.2 Å². The molecule has 2 heterocycles. The van der Waals surface area contributed by atoms with Crippen molar-refractivity contribution in [3.05, 3.63) is 35.9 Å². The molecule has 0 spiro atoms. The lowest BCUT2D eigenvalue weighted by Gasteiger charge is -2.38. The topological polar surface area (TPSA) is 55.9 Å². The van der Waals surface area contributed by atoms with Crippen LogP contribution in [0.2, 0.25) is 0 Å². The predicted octanol–water partition coefficient (Wildman–Crippen LogP) is 1.32. The molecule has 1 aromatic rings. The van der Waals surface area contributed by atoms with Crippen LogP contribution in [0.3, 0.4) is 0 Å². The molecule has 6 nitrogen and oxygen atoms in total. The summed E-state index contributed by atoms with van der Waals surface area (Å²) in [7, 11) is 0. The Morgan fingerprint density at radius 3 is 2.30 bits per heavy atom. The van der Waals surface area contributed by atoms with Gasteiger partial charge in [-0.25, -0.2) is 0 Å². The summed E-state index contributed by atoms with van der Waals surface area (Å²) in [6, 6.07) is 9.83. The fourth-order valence-corrected chi connectivity index (χ4v) is 3.84. The summed E-state index contributed by atoms with van der Waals surface area (Å²) >= 11 is 0. The van der Waals surface area contributed by atoms with Crippen molar-refractivity contribution in [2.45, 2.75) is 38.8 Å². The molecule has 2 amide bonds. The first-order valence-electron chi connectivity index (χ1n) is 10.2. The monoisotopic (exact) mass is 372 g/mol. The van der Waals surface area contributed by atoms with Crippen molar-refractivity contribution in [2.75, 3.05) is 45.8 Å². The molecule has 1 N–H and O–H groups in total.